The zero-order valence-corrected chi connectivity index (χ0v) is 34.1. The monoisotopic (exact) mass is 790 g/mol. The number of rotatable bonds is 9. The van der Waals surface area contributed by atoms with Crippen LogP contribution in [0.3, 0.4) is 0 Å². The van der Waals surface area contributed by atoms with E-state index in [0.717, 1.165) is 28.3 Å². The van der Waals surface area contributed by atoms with Crippen LogP contribution in [0.4, 0.5) is 17.1 Å². The van der Waals surface area contributed by atoms with Crippen LogP contribution in [0.2, 0.25) is 0 Å². The fourth-order valence-electron chi connectivity index (χ4n) is 9.11. The van der Waals surface area contributed by atoms with Gasteiger partial charge in [-0.05, 0) is 99.1 Å². The number of anilines is 3. The van der Waals surface area contributed by atoms with Crippen LogP contribution in [-0.4, -0.2) is 4.57 Å². The second-order valence-electron chi connectivity index (χ2n) is 15.7. The van der Waals surface area contributed by atoms with E-state index >= 15 is 0 Å². The third-order valence-electron chi connectivity index (χ3n) is 12.0. The highest BCUT2D eigenvalue weighted by Gasteiger charge is 2.22. The Morgan fingerprint density at radius 2 is 0.694 bits per heavy atom. The van der Waals surface area contributed by atoms with Gasteiger partial charge in [-0.2, -0.15) is 0 Å². The van der Waals surface area contributed by atoms with Gasteiger partial charge in [-0.3, -0.25) is 0 Å². The maximum atomic E-state index is 2.43. The predicted octanol–water partition coefficient (Wildman–Crippen LogP) is 16.6. The van der Waals surface area contributed by atoms with Crippen molar-refractivity contribution in [2.24, 2.45) is 0 Å². The molecule has 0 aliphatic heterocycles. The molecular formula is C60H42N2. The van der Waals surface area contributed by atoms with E-state index < -0.39 is 0 Å². The van der Waals surface area contributed by atoms with E-state index in [1.165, 1.54) is 71.9 Å². The minimum atomic E-state index is 1.08. The number of fused-ring (bicyclic) bond motifs is 3. The molecule has 11 aromatic rings. The Labute approximate surface area is 362 Å². The van der Waals surface area contributed by atoms with Crippen LogP contribution in [-0.2, 0) is 0 Å². The van der Waals surface area contributed by atoms with Crippen molar-refractivity contribution < 1.29 is 0 Å². The summed E-state index contributed by atoms with van der Waals surface area (Å²) in [6.45, 7) is 0. The summed E-state index contributed by atoms with van der Waals surface area (Å²) >= 11 is 0. The molecule has 11 rings (SSSR count). The van der Waals surface area contributed by atoms with Gasteiger partial charge in [0.25, 0.3) is 0 Å². The fraction of sp³-hybridized carbons (Fsp3) is 0. The molecule has 1 heterocycles. The zero-order chi connectivity index (χ0) is 41.2. The van der Waals surface area contributed by atoms with E-state index in [2.05, 4.69) is 264 Å². The first-order valence-electron chi connectivity index (χ1n) is 21.3. The average Bonchev–Trinajstić information content (AvgIpc) is 3.70. The van der Waals surface area contributed by atoms with Crippen LogP contribution in [0.5, 0.6) is 0 Å². The molecule has 1 aromatic heterocycles. The molecule has 2 nitrogen and oxygen atoms in total. The van der Waals surface area contributed by atoms with E-state index in [1.54, 1.807) is 0 Å². The summed E-state index contributed by atoms with van der Waals surface area (Å²) in [5.74, 6) is 0. The van der Waals surface area contributed by atoms with Gasteiger partial charge in [0, 0.05) is 39.0 Å². The Kier molecular flexibility index (Phi) is 9.57. The molecule has 0 atom stereocenters. The van der Waals surface area contributed by atoms with E-state index in [9.17, 15) is 0 Å². The van der Waals surface area contributed by atoms with Gasteiger partial charge in [0.05, 0.1) is 16.7 Å². The van der Waals surface area contributed by atoms with Crippen molar-refractivity contribution in [1.82, 2.24) is 4.57 Å². The summed E-state index contributed by atoms with van der Waals surface area (Å²) in [6.07, 6.45) is 0. The summed E-state index contributed by atoms with van der Waals surface area (Å²) in [5.41, 5.74) is 18.7. The molecule has 0 radical (unpaired) electrons. The van der Waals surface area contributed by atoms with Crippen molar-refractivity contribution in [3.8, 4) is 61.3 Å². The number of hydrogen-bond donors (Lipinski definition) is 0. The summed E-state index contributed by atoms with van der Waals surface area (Å²) in [7, 11) is 0. The summed E-state index contributed by atoms with van der Waals surface area (Å²) in [6, 6.07) is 92.0. The molecule has 0 spiro atoms. The molecule has 0 aliphatic carbocycles. The Morgan fingerprint density at radius 3 is 1.31 bits per heavy atom. The Bertz CT molecular complexity index is 3240. The van der Waals surface area contributed by atoms with Crippen LogP contribution in [0, 0.1) is 0 Å². The Hall–Kier alpha value is -8.20. The van der Waals surface area contributed by atoms with E-state index in [4.69, 9.17) is 0 Å². The Morgan fingerprint density at radius 1 is 0.274 bits per heavy atom. The SMILES string of the molecule is c1ccc(-c2ccc(N(c3ccc(-c4cccc(-c5cccc6c5c5ccccc5n6-c5ccccc5)c4)cc3)c3c(-c4ccccc4)cccc3-c3ccccc3)cc2)cc1. The van der Waals surface area contributed by atoms with Crippen LogP contribution < -0.4 is 4.90 Å². The smallest absolute Gasteiger partial charge is 0.0618 e. The highest BCUT2D eigenvalue weighted by Crippen LogP contribution is 2.47. The normalized spacial score (nSPS) is 11.2. The molecule has 62 heavy (non-hydrogen) atoms. The van der Waals surface area contributed by atoms with Crippen LogP contribution in [0.25, 0.3) is 83.1 Å². The van der Waals surface area contributed by atoms with Crippen molar-refractivity contribution >= 4 is 38.9 Å². The van der Waals surface area contributed by atoms with Gasteiger partial charge < -0.3 is 9.47 Å². The number of para-hydroxylation sites is 3. The maximum absolute atomic E-state index is 2.43. The average molecular weight is 791 g/mol. The molecule has 0 unspecified atom stereocenters. The maximum Gasteiger partial charge on any atom is 0.0618 e. The van der Waals surface area contributed by atoms with Crippen molar-refractivity contribution in [3.05, 3.63) is 255 Å². The van der Waals surface area contributed by atoms with Crippen molar-refractivity contribution in [3.63, 3.8) is 0 Å². The molecule has 0 saturated carbocycles. The molecule has 0 amide bonds. The summed E-state index contributed by atoms with van der Waals surface area (Å²) in [4.78, 5) is 2.43. The first kappa shape index (κ1) is 36.8. The molecule has 0 N–H and O–H groups in total. The number of nitrogens with zero attached hydrogens (tertiary/aromatic N) is 2. The van der Waals surface area contributed by atoms with Crippen molar-refractivity contribution in [1.29, 1.82) is 0 Å². The van der Waals surface area contributed by atoms with Crippen LogP contribution in [0.15, 0.2) is 255 Å². The van der Waals surface area contributed by atoms with Crippen molar-refractivity contribution in [2.45, 2.75) is 0 Å². The van der Waals surface area contributed by atoms with Crippen LogP contribution in [0.1, 0.15) is 0 Å². The highest BCUT2D eigenvalue weighted by molar-refractivity contribution is 6.16. The van der Waals surface area contributed by atoms with Gasteiger partial charge in [-0.1, -0.05) is 200 Å². The molecule has 2 heteroatoms. The minimum Gasteiger partial charge on any atom is -0.309 e. The quantitative estimate of drug-likeness (QED) is 0.141. The number of benzene rings is 10. The van der Waals surface area contributed by atoms with E-state index in [1.807, 2.05) is 0 Å². The number of aromatic nitrogens is 1. The van der Waals surface area contributed by atoms with Gasteiger partial charge >= 0.3 is 0 Å². The van der Waals surface area contributed by atoms with Gasteiger partial charge in [0.15, 0.2) is 0 Å². The first-order valence-corrected chi connectivity index (χ1v) is 21.3. The van der Waals surface area contributed by atoms with Gasteiger partial charge in [0.1, 0.15) is 0 Å². The fourth-order valence-corrected chi connectivity index (χ4v) is 9.11. The van der Waals surface area contributed by atoms with Crippen molar-refractivity contribution in [2.75, 3.05) is 4.90 Å². The number of hydrogen-bond acceptors (Lipinski definition) is 1. The van der Waals surface area contributed by atoms with Gasteiger partial charge in [-0.25, -0.2) is 0 Å². The third-order valence-corrected chi connectivity index (χ3v) is 12.0. The first-order chi connectivity index (χ1) is 30.8. The lowest BCUT2D eigenvalue weighted by Gasteiger charge is -2.30. The second-order valence-corrected chi connectivity index (χ2v) is 15.7. The summed E-state index contributed by atoms with van der Waals surface area (Å²) in [5, 5.41) is 2.51. The minimum absolute atomic E-state index is 1.08. The topological polar surface area (TPSA) is 8.17 Å². The lowest BCUT2D eigenvalue weighted by atomic mass is 9.93. The molecule has 0 fully saturated rings. The summed E-state index contributed by atoms with van der Waals surface area (Å²) < 4.78 is 2.39. The third kappa shape index (κ3) is 6.74. The largest absolute Gasteiger partial charge is 0.309 e. The standard InChI is InChI=1S/C60H42N2/c1-5-18-43(19-6-1)44-34-38-51(39-35-44)61(60-54(46-20-7-2-8-21-46)30-16-31-55(60)47-22-9-3-10-23-47)52-40-36-45(37-41-52)48-24-15-25-49(42-48)53-29-17-33-58-59(53)56-28-13-14-32-57(56)62(58)50-26-11-4-12-27-50/h1-42H. The van der Waals surface area contributed by atoms with Gasteiger partial charge in [0.2, 0.25) is 0 Å². The molecule has 0 aliphatic rings. The second kappa shape index (κ2) is 16.1. The zero-order valence-electron chi connectivity index (χ0n) is 34.1. The van der Waals surface area contributed by atoms with Gasteiger partial charge in [-0.15, -0.1) is 0 Å². The molecule has 0 saturated heterocycles. The van der Waals surface area contributed by atoms with E-state index in [0.29, 0.717) is 0 Å². The molecule has 10 aromatic carbocycles. The van der Waals surface area contributed by atoms with E-state index in [-0.39, 0.29) is 0 Å². The molecular weight excluding hydrogens is 749 g/mol. The highest BCUT2D eigenvalue weighted by atomic mass is 15.1. The molecule has 0 bridgehead atoms. The Balaban J connectivity index is 1.04. The lowest BCUT2D eigenvalue weighted by Crippen LogP contribution is -2.12. The lowest BCUT2D eigenvalue weighted by molar-refractivity contribution is 1.18. The predicted molar refractivity (Wildman–Crippen MR) is 263 cm³/mol. The molecule has 292 valence electrons. The van der Waals surface area contributed by atoms with Crippen LogP contribution >= 0.6 is 0 Å².